The molecule has 4 aromatic rings. The fraction of sp³-hybridized carbons (Fsp3) is 0.200. The van der Waals surface area contributed by atoms with Crippen LogP contribution >= 0.6 is 22.7 Å². The molecule has 2 aromatic carbocycles. The number of carboxylic acids is 2. The van der Waals surface area contributed by atoms with Crippen LogP contribution in [-0.4, -0.2) is 39.9 Å². The second-order valence-corrected chi connectivity index (χ2v) is 11.1. The van der Waals surface area contributed by atoms with Gasteiger partial charge in [-0.25, -0.2) is 9.59 Å². The Hall–Kier alpha value is -3.38. The number of hydrogen-bond acceptors (Lipinski definition) is 4. The van der Waals surface area contributed by atoms with Gasteiger partial charge in [-0.05, 0) is 38.1 Å². The summed E-state index contributed by atoms with van der Waals surface area (Å²) in [7, 11) is 0. The largest absolute Gasteiger partial charge is 0.478 e. The summed E-state index contributed by atoms with van der Waals surface area (Å²) in [6.45, 7) is 2.63. The van der Waals surface area contributed by atoms with E-state index in [1.165, 1.54) is 26.0 Å². The first-order valence-electron chi connectivity index (χ1n) is 10.5. The Morgan fingerprint density at radius 2 is 1.03 bits per heavy atom. The maximum atomic E-state index is 15.5. The summed E-state index contributed by atoms with van der Waals surface area (Å²) in [5.74, 6) is -18.9. The van der Waals surface area contributed by atoms with Crippen LogP contribution < -0.4 is 0 Å². The van der Waals surface area contributed by atoms with Gasteiger partial charge in [0.05, 0.1) is 11.1 Å². The van der Waals surface area contributed by atoms with Crippen LogP contribution in [0.25, 0.3) is 31.3 Å². The van der Waals surface area contributed by atoms with E-state index in [0.717, 1.165) is 46.9 Å². The van der Waals surface area contributed by atoms with Gasteiger partial charge in [-0.2, -0.15) is 26.3 Å². The lowest BCUT2D eigenvalue weighted by molar-refractivity contribution is -0.254. The van der Waals surface area contributed by atoms with Crippen LogP contribution in [0.15, 0.2) is 36.4 Å². The van der Waals surface area contributed by atoms with Crippen molar-refractivity contribution < 1.29 is 46.1 Å². The summed E-state index contributed by atoms with van der Waals surface area (Å²) in [5.41, 5.74) is -4.43. The lowest BCUT2D eigenvalue weighted by atomic mass is 9.91. The molecular formula is C25H14F6O4S2. The Morgan fingerprint density at radius 1 is 0.676 bits per heavy atom. The second kappa shape index (κ2) is 7.81. The van der Waals surface area contributed by atoms with Gasteiger partial charge < -0.3 is 10.2 Å². The van der Waals surface area contributed by atoms with Crippen molar-refractivity contribution in [3.63, 3.8) is 0 Å². The zero-order chi connectivity index (χ0) is 27.2. The fourth-order valence-corrected chi connectivity index (χ4v) is 6.93. The molecule has 0 fully saturated rings. The Bertz CT molecular complexity index is 1570. The molecular weight excluding hydrogens is 542 g/mol. The molecule has 1 aliphatic rings. The molecule has 2 aromatic heterocycles. The third-order valence-electron chi connectivity index (χ3n) is 6.39. The third kappa shape index (κ3) is 3.28. The molecule has 12 heteroatoms. The molecule has 4 nitrogen and oxygen atoms in total. The van der Waals surface area contributed by atoms with Crippen LogP contribution in [0.5, 0.6) is 0 Å². The lowest BCUT2D eigenvalue weighted by Gasteiger charge is -2.26. The molecule has 0 saturated carbocycles. The molecule has 0 saturated heterocycles. The van der Waals surface area contributed by atoms with Crippen molar-refractivity contribution in [3.8, 4) is 0 Å². The lowest BCUT2D eigenvalue weighted by Crippen LogP contribution is -2.48. The van der Waals surface area contributed by atoms with E-state index in [1.807, 2.05) is 0 Å². The molecule has 0 unspecified atom stereocenters. The number of aromatic carboxylic acids is 2. The maximum Gasteiger partial charge on any atom is 0.380 e. The number of thiophene rings is 2. The highest BCUT2D eigenvalue weighted by Gasteiger charge is 2.80. The van der Waals surface area contributed by atoms with Crippen molar-refractivity contribution in [2.24, 2.45) is 0 Å². The van der Waals surface area contributed by atoms with E-state index in [2.05, 4.69) is 0 Å². The number of carboxylic acid groups (broad SMARTS) is 2. The highest BCUT2D eigenvalue weighted by atomic mass is 32.1. The number of hydrogen-bond donors (Lipinski definition) is 2. The van der Waals surface area contributed by atoms with Gasteiger partial charge in [-0.3, -0.25) is 0 Å². The van der Waals surface area contributed by atoms with Crippen LogP contribution in [0, 0.1) is 13.8 Å². The molecule has 2 heterocycles. The molecule has 5 rings (SSSR count). The monoisotopic (exact) mass is 556 g/mol. The minimum absolute atomic E-state index is 0.0311. The zero-order valence-electron chi connectivity index (χ0n) is 18.8. The Morgan fingerprint density at radius 3 is 1.35 bits per heavy atom. The number of rotatable bonds is 4. The predicted molar refractivity (Wildman–Crippen MR) is 129 cm³/mol. The topological polar surface area (TPSA) is 74.6 Å². The molecule has 0 radical (unpaired) electrons. The van der Waals surface area contributed by atoms with Crippen molar-refractivity contribution >= 4 is 65.9 Å². The first-order valence-corrected chi connectivity index (χ1v) is 12.2. The summed E-state index contributed by atoms with van der Waals surface area (Å²) >= 11 is 1.65. The van der Waals surface area contributed by atoms with E-state index in [9.17, 15) is 28.6 Å². The van der Waals surface area contributed by atoms with Gasteiger partial charge in [0.25, 0.3) is 0 Å². The third-order valence-corrected chi connectivity index (χ3v) is 8.53. The van der Waals surface area contributed by atoms with Gasteiger partial charge in [0.2, 0.25) is 0 Å². The normalized spacial score (nSPS) is 18.2. The number of benzene rings is 2. The average molecular weight is 557 g/mol. The summed E-state index contributed by atoms with van der Waals surface area (Å²) in [4.78, 5) is 22.7. The smallest absolute Gasteiger partial charge is 0.380 e. The zero-order valence-corrected chi connectivity index (χ0v) is 20.4. The SMILES string of the molecule is Cc1sc2cc(C(=O)O)ccc2c1C1=C(c2c(C)sc3cc(C(=O)O)ccc23)C(F)(F)C(F)(F)C1(F)F. The van der Waals surface area contributed by atoms with Crippen LogP contribution in [0.4, 0.5) is 26.3 Å². The predicted octanol–water partition coefficient (Wildman–Crippen LogP) is 7.96. The van der Waals surface area contributed by atoms with Crippen LogP contribution in [-0.2, 0) is 0 Å². The molecule has 0 aliphatic heterocycles. The molecule has 2 N–H and O–H groups in total. The Labute approximate surface area is 212 Å². The number of allylic oxidation sites excluding steroid dienone is 2. The number of alkyl halides is 6. The minimum atomic E-state index is -5.77. The van der Waals surface area contributed by atoms with Gasteiger partial charge >= 0.3 is 29.7 Å². The molecule has 0 amide bonds. The van der Waals surface area contributed by atoms with Gasteiger partial charge in [0, 0.05) is 52.2 Å². The summed E-state index contributed by atoms with van der Waals surface area (Å²) < 4.78 is 91.9. The fourth-order valence-electron chi connectivity index (χ4n) is 4.71. The molecule has 0 spiro atoms. The first kappa shape index (κ1) is 25.3. The minimum Gasteiger partial charge on any atom is -0.478 e. The quantitative estimate of drug-likeness (QED) is 0.250. The van der Waals surface area contributed by atoms with Crippen LogP contribution in [0.1, 0.15) is 41.6 Å². The Balaban J connectivity index is 1.93. The molecule has 0 atom stereocenters. The van der Waals surface area contributed by atoms with Gasteiger partial charge in [0.15, 0.2) is 0 Å². The maximum absolute atomic E-state index is 15.5. The number of halogens is 6. The van der Waals surface area contributed by atoms with Crippen molar-refractivity contribution in [3.05, 3.63) is 68.4 Å². The van der Waals surface area contributed by atoms with Crippen molar-refractivity contribution in [1.82, 2.24) is 0 Å². The van der Waals surface area contributed by atoms with E-state index in [4.69, 9.17) is 0 Å². The van der Waals surface area contributed by atoms with Gasteiger partial charge in [0.1, 0.15) is 0 Å². The molecule has 192 valence electrons. The van der Waals surface area contributed by atoms with Crippen molar-refractivity contribution in [2.45, 2.75) is 31.6 Å². The number of aryl methyl sites for hydroxylation is 2. The summed E-state index contributed by atoms with van der Waals surface area (Å²) in [6.07, 6.45) is 0. The summed E-state index contributed by atoms with van der Waals surface area (Å²) in [5, 5.41) is 18.4. The molecule has 37 heavy (non-hydrogen) atoms. The summed E-state index contributed by atoms with van der Waals surface area (Å²) in [6, 6.07) is 6.79. The average Bonchev–Trinajstić information content (AvgIpc) is 3.33. The van der Waals surface area contributed by atoms with Gasteiger partial charge in [-0.15, -0.1) is 22.7 Å². The van der Waals surface area contributed by atoms with Crippen LogP contribution in [0.3, 0.4) is 0 Å². The highest BCUT2D eigenvalue weighted by molar-refractivity contribution is 7.19. The van der Waals surface area contributed by atoms with E-state index in [0.29, 0.717) is 0 Å². The number of fused-ring (bicyclic) bond motifs is 2. The second-order valence-electron chi connectivity index (χ2n) is 8.57. The van der Waals surface area contributed by atoms with Crippen LogP contribution in [0.2, 0.25) is 0 Å². The van der Waals surface area contributed by atoms with Crippen molar-refractivity contribution in [2.75, 3.05) is 0 Å². The van der Waals surface area contributed by atoms with E-state index < -0.39 is 52.0 Å². The number of carbonyl (C=O) groups is 2. The molecule has 1 aliphatic carbocycles. The first-order chi connectivity index (χ1) is 17.1. The molecule has 0 bridgehead atoms. The Kier molecular flexibility index (Phi) is 5.34. The highest BCUT2D eigenvalue weighted by Crippen LogP contribution is 2.67. The van der Waals surface area contributed by atoms with E-state index in [1.54, 1.807) is 0 Å². The standard InChI is InChI=1S/C25H14F6O4S2/c1-9-17(13-5-3-11(21(32)33)7-15(13)36-9)19-20(24(28,29)25(30,31)23(19,26)27)18-10(2)37-16-8-12(22(34)35)4-6-14(16)18/h3-8H,1-2H3,(H,32,33)(H,34,35). The van der Waals surface area contributed by atoms with E-state index in [-0.39, 0.29) is 41.1 Å². The van der Waals surface area contributed by atoms with E-state index >= 15 is 17.6 Å². The van der Waals surface area contributed by atoms with Crippen molar-refractivity contribution in [1.29, 1.82) is 0 Å². The van der Waals surface area contributed by atoms with Gasteiger partial charge in [-0.1, -0.05) is 12.1 Å².